The van der Waals surface area contributed by atoms with Gasteiger partial charge in [0.05, 0.1) is 35.2 Å². The van der Waals surface area contributed by atoms with E-state index in [0.717, 1.165) is 36.1 Å². The molecule has 0 aliphatic carbocycles. The Hall–Kier alpha value is -4.59. The van der Waals surface area contributed by atoms with Crippen molar-refractivity contribution < 1.29 is 23.9 Å². The van der Waals surface area contributed by atoms with Gasteiger partial charge in [-0.3, -0.25) is 4.79 Å². The molecule has 4 rings (SSSR count). The second-order valence-electron chi connectivity index (χ2n) is 11.1. The van der Waals surface area contributed by atoms with Gasteiger partial charge in [-0.2, -0.15) is 0 Å². The average Bonchev–Trinajstić information content (AvgIpc) is 3.28. The molecule has 0 spiro atoms. The maximum atomic E-state index is 13.3. The van der Waals surface area contributed by atoms with Gasteiger partial charge >= 0.3 is 12.1 Å². The van der Waals surface area contributed by atoms with Gasteiger partial charge in [0.1, 0.15) is 5.60 Å². The monoisotopic (exact) mass is 569 g/mol. The van der Waals surface area contributed by atoms with E-state index in [0.29, 0.717) is 28.1 Å². The zero-order valence-electron chi connectivity index (χ0n) is 24.9. The smallest absolute Gasteiger partial charge is 0.408 e. The van der Waals surface area contributed by atoms with Crippen molar-refractivity contribution in [3.63, 3.8) is 0 Å². The van der Waals surface area contributed by atoms with Crippen LogP contribution in [-0.4, -0.2) is 30.2 Å². The minimum Gasteiger partial charge on any atom is -0.462 e. The van der Waals surface area contributed by atoms with Crippen molar-refractivity contribution in [1.29, 1.82) is 0 Å². The Morgan fingerprint density at radius 2 is 1.64 bits per heavy atom. The average molecular weight is 570 g/mol. The first-order valence-corrected chi connectivity index (χ1v) is 14.4. The van der Waals surface area contributed by atoms with Gasteiger partial charge in [0, 0.05) is 11.3 Å². The van der Waals surface area contributed by atoms with Crippen LogP contribution in [0.15, 0.2) is 72.8 Å². The first-order valence-electron chi connectivity index (χ1n) is 14.4. The van der Waals surface area contributed by atoms with Crippen LogP contribution in [-0.2, 0) is 14.3 Å². The normalized spacial score (nSPS) is 14.4. The number of anilines is 2. The van der Waals surface area contributed by atoms with Crippen LogP contribution < -0.4 is 16.0 Å². The van der Waals surface area contributed by atoms with Crippen LogP contribution in [0.4, 0.5) is 16.2 Å². The summed E-state index contributed by atoms with van der Waals surface area (Å²) in [6, 6.07) is 22.3. The Kier molecular flexibility index (Phi) is 9.68. The molecule has 3 aromatic rings. The van der Waals surface area contributed by atoms with E-state index in [1.807, 2.05) is 75.4 Å². The van der Waals surface area contributed by atoms with Crippen LogP contribution in [0.1, 0.15) is 87.0 Å². The van der Waals surface area contributed by atoms with Gasteiger partial charge in [0.2, 0.25) is 0 Å². The van der Waals surface area contributed by atoms with Crippen LogP contribution in [0.5, 0.6) is 0 Å². The maximum Gasteiger partial charge on any atom is 0.408 e. The Labute approximate surface area is 247 Å². The van der Waals surface area contributed by atoms with Crippen LogP contribution in [0.25, 0.3) is 11.3 Å². The molecule has 1 atom stereocenters. The lowest BCUT2D eigenvalue weighted by molar-refractivity contribution is -0.110. The summed E-state index contributed by atoms with van der Waals surface area (Å²) >= 11 is 0. The summed E-state index contributed by atoms with van der Waals surface area (Å²) < 4.78 is 10.6. The van der Waals surface area contributed by atoms with Crippen LogP contribution in [0.3, 0.4) is 0 Å². The van der Waals surface area contributed by atoms with Gasteiger partial charge in [0.15, 0.2) is 0 Å². The summed E-state index contributed by atoms with van der Waals surface area (Å²) in [7, 11) is 0. The quantitative estimate of drug-likeness (QED) is 0.172. The molecule has 0 radical (unpaired) electrons. The van der Waals surface area contributed by atoms with E-state index in [1.165, 1.54) is 0 Å². The van der Waals surface area contributed by atoms with Crippen molar-refractivity contribution in [3.05, 3.63) is 95.1 Å². The van der Waals surface area contributed by atoms with Crippen molar-refractivity contribution in [2.45, 2.75) is 65.5 Å². The predicted octanol–water partition coefficient (Wildman–Crippen LogP) is 7.55. The van der Waals surface area contributed by atoms with E-state index in [1.54, 1.807) is 25.1 Å². The van der Waals surface area contributed by atoms with Crippen LogP contribution in [0.2, 0.25) is 0 Å². The second-order valence-corrected chi connectivity index (χ2v) is 11.1. The molecule has 1 heterocycles. The Bertz CT molecular complexity index is 1460. The van der Waals surface area contributed by atoms with Gasteiger partial charge in [-0.15, -0.1) is 0 Å². The number of carbonyl (C=O) groups is 3. The van der Waals surface area contributed by atoms with Gasteiger partial charge in [-0.1, -0.05) is 68.3 Å². The third-order valence-electron chi connectivity index (χ3n) is 6.71. The molecular formula is C34H39N3O5. The molecule has 42 heavy (non-hydrogen) atoms. The number of ether oxygens (including phenoxy) is 2. The molecule has 8 heteroatoms. The first kappa shape index (κ1) is 30.4. The Balaban J connectivity index is 1.66. The number of rotatable bonds is 10. The molecule has 3 N–H and O–H groups in total. The molecule has 1 aliphatic heterocycles. The Morgan fingerprint density at radius 3 is 2.29 bits per heavy atom. The van der Waals surface area contributed by atoms with E-state index in [-0.39, 0.29) is 18.6 Å². The number of benzene rings is 3. The molecule has 1 aliphatic rings. The highest BCUT2D eigenvalue weighted by Gasteiger charge is 2.29. The molecule has 0 saturated heterocycles. The van der Waals surface area contributed by atoms with Gasteiger partial charge in [-0.05, 0) is 69.5 Å². The number of hydrogen-bond acceptors (Lipinski definition) is 6. The number of unbranched alkanes of at least 4 members (excludes halogenated alkanes) is 1. The number of carbonyl (C=O) groups excluding carboxylic acids is 3. The number of amides is 2. The van der Waals surface area contributed by atoms with Crippen molar-refractivity contribution in [3.8, 4) is 0 Å². The molecule has 0 bridgehead atoms. The second kappa shape index (κ2) is 13.4. The van der Waals surface area contributed by atoms with Crippen LogP contribution >= 0.6 is 0 Å². The minimum atomic E-state index is -0.583. The van der Waals surface area contributed by atoms with Gasteiger partial charge in [-0.25, -0.2) is 9.59 Å². The highest BCUT2D eigenvalue weighted by Crippen LogP contribution is 2.38. The van der Waals surface area contributed by atoms with Gasteiger partial charge < -0.3 is 25.4 Å². The van der Waals surface area contributed by atoms with E-state index in [9.17, 15) is 14.4 Å². The zero-order chi connectivity index (χ0) is 30.3. The Morgan fingerprint density at radius 1 is 0.929 bits per heavy atom. The lowest BCUT2D eigenvalue weighted by Crippen LogP contribution is -2.35. The highest BCUT2D eigenvalue weighted by molar-refractivity contribution is 6.37. The first-order chi connectivity index (χ1) is 20.1. The number of esters is 1. The minimum absolute atomic E-state index is 0.193. The fourth-order valence-electron chi connectivity index (χ4n) is 4.77. The van der Waals surface area contributed by atoms with E-state index >= 15 is 0 Å². The molecule has 8 nitrogen and oxygen atoms in total. The van der Waals surface area contributed by atoms with E-state index in [2.05, 4.69) is 22.9 Å². The predicted molar refractivity (Wildman–Crippen MR) is 166 cm³/mol. The number of hydrogen-bond donors (Lipinski definition) is 3. The van der Waals surface area contributed by atoms with Crippen LogP contribution in [0, 0.1) is 0 Å². The van der Waals surface area contributed by atoms with Crippen molar-refractivity contribution in [2.24, 2.45) is 0 Å². The van der Waals surface area contributed by atoms with Gasteiger partial charge in [0.25, 0.3) is 5.91 Å². The van der Waals surface area contributed by atoms with E-state index in [4.69, 9.17) is 9.47 Å². The summed E-state index contributed by atoms with van der Waals surface area (Å²) in [6.45, 7) is 9.66. The molecule has 1 unspecified atom stereocenters. The zero-order valence-corrected chi connectivity index (χ0v) is 24.9. The fourth-order valence-corrected chi connectivity index (χ4v) is 4.77. The molecular weight excluding hydrogens is 530 g/mol. The summed E-state index contributed by atoms with van der Waals surface area (Å²) in [6.07, 6.45) is 2.30. The lowest BCUT2D eigenvalue weighted by Gasteiger charge is -2.24. The third-order valence-corrected chi connectivity index (χ3v) is 6.71. The molecule has 0 aromatic heterocycles. The molecule has 0 saturated carbocycles. The number of fused-ring (bicyclic) bond motifs is 1. The molecule has 3 aromatic carbocycles. The number of alkyl carbamates (subject to hydrolysis) is 1. The summed E-state index contributed by atoms with van der Waals surface area (Å²) in [5.41, 5.74) is 4.72. The number of nitrogens with one attached hydrogen (secondary N) is 3. The standard InChI is InChI=1S/C34H39N3O5/c1-6-8-14-27(37-33(40)42-34(3,4)5)22-15-18-25(19-16-22)35-30(23-12-10-9-11-13-23)29-26-20-17-24(32(39)41-7-2)21-28(26)36-31(29)38/h9-13,15-21,27,35H,6-8,14H2,1-5H3,(H,36,38)(H,37,40)/b30-29-. The lowest BCUT2D eigenvalue weighted by atomic mass is 9.98. The van der Waals surface area contributed by atoms with Crippen molar-refractivity contribution >= 4 is 40.6 Å². The topological polar surface area (TPSA) is 106 Å². The van der Waals surface area contributed by atoms with Crippen molar-refractivity contribution in [1.82, 2.24) is 5.32 Å². The summed E-state index contributed by atoms with van der Waals surface area (Å²) in [5, 5.41) is 9.38. The summed E-state index contributed by atoms with van der Waals surface area (Å²) in [4.78, 5) is 38.1. The molecule has 0 fully saturated rings. The largest absolute Gasteiger partial charge is 0.462 e. The third kappa shape index (κ3) is 7.57. The highest BCUT2D eigenvalue weighted by atomic mass is 16.6. The maximum absolute atomic E-state index is 13.3. The molecule has 220 valence electrons. The van der Waals surface area contributed by atoms with Crippen molar-refractivity contribution in [2.75, 3.05) is 17.2 Å². The fraction of sp³-hybridized carbons (Fsp3) is 0.324. The SMILES string of the molecule is CCCCC(NC(=O)OC(C)(C)C)c1ccc(N/C(=C2\C(=O)Nc3cc(C(=O)OCC)ccc32)c2ccccc2)cc1. The van der Waals surface area contributed by atoms with E-state index < -0.39 is 17.7 Å². The summed E-state index contributed by atoms with van der Waals surface area (Å²) in [5.74, 6) is -0.706. The molecule has 2 amide bonds.